The van der Waals surface area contributed by atoms with Gasteiger partial charge in [-0.2, -0.15) is 18.2 Å². The molecule has 0 bridgehead atoms. The lowest BCUT2D eigenvalue weighted by molar-refractivity contribution is -0.141. The van der Waals surface area contributed by atoms with Crippen molar-refractivity contribution in [3.05, 3.63) is 24.4 Å². The Morgan fingerprint density at radius 2 is 2.04 bits per heavy atom. The molecule has 3 heterocycles. The fourth-order valence-electron chi connectivity index (χ4n) is 4.48. The van der Waals surface area contributed by atoms with Gasteiger partial charge in [-0.25, -0.2) is 4.98 Å². The van der Waals surface area contributed by atoms with Gasteiger partial charge >= 0.3 is 12.1 Å². The molecule has 1 N–H and O–H groups in total. The molecule has 2 aliphatic heterocycles. The number of rotatable bonds is 5. The minimum atomic E-state index is -4.55. The molecule has 1 aromatic rings. The van der Waals surface area contributed by atoms with Crippen LogP contribution in [0.15, 0.2) is 18.7 Å². The SMILES string of the molecule is C=C[C@H]1CCCN1c1nc(N2C[C@@H]3[C@@H](CC(=O)O)[C@@H]3C2)cc(C(F)(F)F)n1. The van der Waals surface area contributed by atoms with Crippen LogP contribution in [0, 0.1) is 17.8 Å². The second-order valence-corrected chi connectivity index (χ2v) is 7.54. The standard InChI is InChI=1S/C18H21F3N4O2/c1-2-10-4-3-5-25(10)17-22-14(18(19,20)21)7-15(23-17)24-8-12-11(6-16(26)27)13(12)9-24/h2,7,10-13H,1,3-6,8-9H2,(H,26,27)/t10-,11-,12-,13+/m0/s1. The zero-order valence-corrected chi connectivity index (χ0v) is 14.7. The summed E-state index contributed by atoms with van der Waals surface area (Å²) in [6, 6.07) is 0.938. The number of carbonyl (C=O) groups is 1. The zero-order chi connectivity index (χ0) is 19.3. The molecule has 1 aliphatic carbocycles. The fourth-order valence-corrected chi connectivity index (χ4v) is 4.48. The molecule has 6 nitrogen and oxygen atoms in total. The van der Waals surface area contributed by atoms with E-state index in [0.29, 0.717) is 19.6 Å². The summed E-state index contributed by atoms with van der Waals surface area (Å²) >= 11 is 0. The highest BCUT2D eigenvalue weighted by Gasteiger charge is 2.56. The third-order valence-corrected chi connectivity index (χ3v) is 5.93. The van der Waals surface area contributed by atoms with Crippen LogP contribution in [0.4, 0.5) is 24.9 Å². The third kappa shape index (κ3) is 3.35. The number of aliphatic carboxylic acids is 1. The molecule has 3 aliphatic rings. The molecule has 0 amide bonds. The van der Waals surface area contributed by atoms with Gasteiger partial charge in [-0.05, 0) is 30.6 Å². The first kappa shape index (κ1) is 18.1. The van der Waals surface area contributed by atoms with Crippen LogP contribution < -0.4 is 9.80 Å². The summed E-state index contributed by atoms with van der Waals surface area (Å²) < 4.78 is 40.1. The lowest BCUT2D eigenvalue weighted by atomic mass is 10.2. The van der Waals surface area contributed by atoms with Gasteiger partial charge in [0.1, 0.15) is 5.82 Å². The van der Waals surface area contributed by atoms with E-state index in [1.54, 1.807) is 11.0 Å². The molecule has 0 radical (unpaired) electrons. The van der Waals surface area contributed by atoms with Crippen molar-refractivity contribution in [1.29, 1.82) is 0 Å². The van der Waals surface area contributed by atoms with Crippen LogP contribution >= 0.6 is 0 Å². The highest BCUT2D eigenvalue weighted by atomic mass is 19.4. The van der Waals surface area contributed by atoms with Gasteiger partial charge in [0.25, 0.3) is 0 Å². The number of piperidine rings is 1. The predicted octanol–water partition coefficient (Wildman–Crippen LogP) is 2.81. The lowest BCUT2D eigenvalue weighted by Gasteiger charge is -2.26. The summed E-state index contributed by atoms with van der Waals surface area (Å²) in [4.78, 5) is 22.7. The Balaban J connectivity index is 1.59. The maximum Gasteiger partial charge on any atom is 0.433 e. The maximum atomic E-state index is 13.4. The number of hydrogen-bond donors (Lipinski definition) is 1. The Labute approximate surface area is 154 Å². The molecule has 0 spiro atoms. The van der Waals surface area contributed by atoms with Crippen molar-refractivity contribution in [2.75, 3.05) is 29.4 Å². The molecule has 0 unspecified atom stereocenters. The molecule has 2 saturated heterocycles. The average molecular weight is 382 g/mol. The molecular formula is C18H21F3N4O2. The van der Waals surface area contributed by atoms with Crippen LogP contribution in [0.1, 0.15) is 25.0 Å². The summed E-state index contributed by atoms with van der Waals surface area (Å²) in [6.07, 6.45) is -1.03. The number of hydrogen-bond acceptors (Lipinski definition) is 5. The molecule has 1 aromatic heterocycles. The van der Waals surface area contributed by atoms with E-state index in [1.165, 1.54) is 0 Å². The van der Waals surface area contributed by atoms with Gasteiger partial charge in [-0.1, -0.05) is 6.08 Å². The predicted molar refractivity (Wildman–Crippen MR) is 92.5 cm³/mol. The van der Waals surface area contributed by atoms with E-state index < -0.39 is 17.8 Å². The highest BCUT2D eigenvalue weighted by molar-refractivity contribution is 5.68. The van der Waals surface area contributed by atoms with Crippen LogP contribution in [-0.4, -0.2) is 46.7 Å². The number of aromatic nitrogens is 2. The normalized spacial score (nSPS) is 29.7. The Bertz CT molecular complexity index is 757. The summed E-state index contributed by atoms with van der Waals surface area (Å²) in [5, 5.41) is 8.92. The van der Waals surface area contributed by atoms with Crippen molar-refractivity contribution in [3.63, 3.8) is 0 Å². The first-order valence-electron chi connectivity index (χ1n) is 9.10. The number of carboxylic acids is 1. The van der Waals surface area contributed by atoms with Crippen LogP contribution in [-0.2, 0) is 11.0 Å². The quantitative estimate of drug-likeness (QED) is 0.790. The summed E-state index contributed by atoms with van der Waals surface area (Å²) in [6.45, 7) is 5.45. The fraction of sp³-hybridized carbons (Fsp3) is 0.611. The van der Waals surface area contributed by atoms with E-state index >= 15 is 0 Å². The van der Waals surface area contributed by atoms with Gasteiger partial charge in [0.15, 0.2) is 5.69 Å². The van der Waals surface area contributed by atoms with Crippen LogP contribution in [0.5, 0.6) is 0 Å². The molecule has 1 saturated carbocycles. The van der Waals surface area contributed by atoms with E-state index in [9.17, 15) is 18.0 Å². The number of halogens is 3. The third-order valence-electron chi connectivity index (χ3n) is 5.93. The van der Waals surface area contributed by atoms with Crippen LogP contribution in [0.2, 0.25) is 0 Å². The van der Waals surface area contributed by atoms with E-state index in [-0.39, 0.29) is 42.0 Å². The van der Waals surface area contributed by atoms with E-state index in [4.69, 9.17) is 5.11 Å². The molecule has 4 rings (SSSR count). The molecule has 3 fully saturated rings. The van der Waals surface area contributed by atoms with Gasteiger partial charge < -0.3 is 14.9 Å². The molecule has 0 aromatic carbocycles. The van der Waals surface area contributed by atoms with Crippen molar-refractivity contribution in [1.82, 2.24) is 9.97 Å². The Morgan fingerprint density at radius 3 is 2.63 bits per heavy atom. The minimum absolute atomic E-state index is 0.0618. The van der Waals surface area contributed by atoms with Crippen molar-refractivity contribution < 1.29 is 23.1 Å². The molecule has 9 heteroatoms. The zero-order valence-electron chi connectivity index (χ0n) is 14.7. The van der Waals surface area contributed by atoms with Crippen LogP contribution in [0.3, 0.4) is 0 Å². The summed E-state index contributed by atoms with van der Waals surface area (Å²) in [5.41, 5.74) is -0.945. The largest absolute Gasteiger partial charge is 0.481 e. The van der Waals surface area contributed by atoms with E-state index in [0.717, 1.165) is 18.9 Å². The number of alkyl halides is 3. The molecule has 4 atom stereocenters. The highest BCUT2D eigenvalue weighted by Crippen LogP contribution is 2.54. The summed E-state index contributed by atoms with van der Waals surface area (Å²) in [7, 11) is 0. The average Bonchev–Trinajstić information content (AvgIpc) is 3.02. The van der Waals surface area contributed by atoms with Crippen molar-refractivity contribution >= 4 is 17.7 Å². The van der Waals surface area contributed by atoms with Crippen molar-refractivity contribution in [2.24, 2.45) is 17.8 Å². The van der Waals surface area contributed by atoms with Gasteiger partial charge in [0.2, 0.25) is 5.95 Å². The number of nitrogens with zero attached hydrogens (tertiary/aromatic N) is 4. The Kier molecular flexibility index (Phi) is 4.27. The topological polar surface area (TPSA) is 69.6 Å². The van der Waals surface area contributed by atoms with Gasteiger partial charge in [0, 0.05) is 38.2 Å². The minimum Gasteiger partial charge on any atom is -0.481 e. The number of fused-ring (bicyclic) bond motifs is 1. The van der Waals surface area contributed by atoms with Gasteiger partial charge in [-0.15, -0.1) is 6.58 Å². The number of anilines is 2. The lowest BCUT2D eigenvalue weighted by Crippen LogP contribution is -2.32. The second-order valence-electron chi connectivity index (χ2n) is 7.54. The van der Waals surface area contributed by atoms with Crippen molar-refractivity contribution in [3.8, 4) is 0 Å². The Hall–Kier alpha value is -2.32. The smallest absolute Gasteiger partial charge is 0.433 e. The Morgan fingerprint density at radius 1 is 1.33 bits per heavy atom. The molecule has 146 valence electrons. The van der Waals surface area contributed by atoms with Crippen molar-refractivity contribution in [2.45, 2.75) is 31.5 Å². The van der Waals surface area contributed by atoms with E-state index in [2.05, 4.69) is 16.5 Å². The number of carboxylic acid groups (broad SMARTS) is 1. The molecule has 27 heavy (non-hydrogen) atoms. The van der Waals surface area contributed by atoms with Crippen LogP contribution in [0.25, 0.3) is 0 Å². The second kappa shape index (κ2) is 6.38. The van der Waals surface area contributed by atoms with Gasteiger partial charge in [-0.3, -0.25) is 4.79 Å². The monoisotopic (exact) mass is 382 g/mol. The van der Waals surface area contributed by atoms with E-state index in [1.807, 2.05) is 4.90 Å². The molecular weight excluding hydrogens is 361 g/mol. The first-order chi connectivity index (χ1) is 12.8. The maximum absolute atomic E-state index is 13.4. The summed E-state index contributed by atoms with van der Waals surface area (Å²) in [5.74, 6) is 0.108. The van der Waals surface area contributed by atoms with Gasteiger partial charge in [0.05, 0.1) is 0 Å². The first-order valence-corrected chi connectivity index (χ1v) is 9.10.